The van der Waals surface area contributed by atoms with E-state index < -0.39 is 5.60 Å². The van der Waals surface area contributed by atoms with Crippen LogP contribution in [0.15, 0.2) is 0 Å². The third-order valence-corrected chi connectivity index (χ3v) is 5.02. The van der Waals surface area contributed by atoms with Crippen LogP contribution in [-0.4, -0.2) is 27.2 Å². The summed E-state index contributed by atoms with van der Waals surface area (Å²) in [5.41, 5.74) is 0.224. The Kier molecular flexibility index (Phi) is 5.44. The Balaban J connectivity index is 2.01. The van der Waals surface area contributed by atoms with Crippen LogP contribution in [0.2, 0.25) is 5.15 Å². The zero-order valence-electron chi connectivity index (χ0n) is 13.2. The van der Waals surface area contributed by atoms with Crippen molar-refractivity contribution in [1.82, 2.24) is 9.97 Å². The van der Waals surface area contributed by atoms with Gasteiger partial charge < -0.3 is 10.4 Å². The van der Waals surface area contributed by atoms with Crippen molar-refractivity contribution in [1.29, 1.82) is 0 Å². The molecule has 1 saturated carbocycles. The largest absolute Gasteiger partial charge is 0.388 e. The van der Waals surface area contributed by atoms with E-state index in [1.54, 1.807) is 0 Å². The number of nitrogens with zero attached hydrogens (tertiary/aromatic N) is 2. The molecule has 0 aromatic carbocycles. The van der Waals surface area contributed by atoms with Crippen molar-refractivity contribution in [2.24, 2.45) is 5.92 Å². The topological polar surface area (TPSA) is 58.0 Å². The maximum atomic E-state index is 10.7. The molecule has 1 aromatic rings. The second-order valence-electron chi connectivity index (χ2n) is 6.19. The summed E-state index contributed by atoms with van der Waals surface area (Å²) in [6.07, 6.45) is 5.89. The zero-order chi connectivity index (χ0) is 15.5. The van der Waals surface area contributed by atoms with Crippen LogP contribution in [0.5, 0.6) is 0 Å². The van der Waals surface area contributed by atoms with Crippen LogP contribution in [0.1, 0.15) is 57.3 Å². The molecule has 1 aromatic heterocycles. The van der Waals surface area contributed by atoms with Crippen molar-refractivity contribution in [2.45, 2.75) is 64.9 Å². The van der Waals surface area contributed by atoms with E-state index in [1.807, 2.05) is 13.8 Å². The fourth-order valence-electron chi connectivity index (χ4n) is 2.91. The SMILES string of the molecule is CCc1nc(Cl)c(C)c(NCC2(O)CCC(CC)CC2)n1. The van der Waals surface area contributed by atoms with Gasteiger partial charge in [-0.05, 0) is 38.5 Å². The van der Waals surface area contributed by atoms with Crippen molar-refractivity contribution in [3.63, 3.8) is 0 Å². The lowest BCUT2D eigenvalue weighted by molar-refractivity contribution is 0.00222. The van der Waals surface area contributed by atoms with Gasteiger partial charge in [0.15, 0.2) is 0 Å². The second kappa shape index (κ2) is 6.93. The number of aryl methyl sites for hydroxylation is 1. The number of anilines is 1. The Morgan fingerprint density at radius 1 is 1.29 bits per heavy atom. The summed E-state index contributed by atoms with van der Waals surface area (Å²) in [7, 11) is 0. The molecule has 1 aliphatic carbocycles. The molecule has 5 heteroatoms. The van der Waals surface area contributed by atoms with Crippen molar-refractivity contribution in [2.75, 3.05) is 11.9 Å². The standard InChI is InChI=1S/C16H26ClN3O/c1-4-12-6-8-16(21,9-7-12)10-18-15-11(3)14(17)19-13(5-2)20-15/h12,21H,4-10H2,1-3H3,(H,18,19,20). The Hall–Kier alpha value is -0.870. The van der Waals surface area contributed by atoms with Gasteiger partial charge in [-0.2, -0.15) is 0 Å². The van der Waals surface area contributed by atoms with E-state index >= 15 is 0 Å². The fourth-order valence-corrected chi connectivity index (χ4v) is 3.10. The number of aliphatic hydroxyl groups is 1. The first-order chi connectivity index (χ1) is 9.97. The van der Waals surface area contributed by atoms with Crippen LogP contribution in [0.3, 0.4) is 0 Å². The number of halogens is 1. The molecule has 0 saturated heterocycles. The van der Waals surface area contributed by atoms with Crippen molar-refractivity contribution in [3.05, 3.63) is 16.5 Å². The van der Waals surface area contributed by atoms with E-state index in [9.17, 15) is 5.11 Å². The Labute approximate surface area is 132 Å². The minimum atomic E-state index is -0.623. The summed E-state index contributed by atoms with van der Waals surface area (Å²) in [5, 5.41) is 14.5. The number of hydrogen-bond acceptors (Lipinski definition) is 4. The molecule has 0 spiro atoms. The first-order valence-electron chi connectivity index (χ1n) is 7.96. The molecule has 1 fully saturated rings. The minimum Gasteiger partial charge on any atom is -0.388 e. The molecule has 2 N–H and O–H groups in total. The predicted molar refractivity (Wildman–Crippen MR) is 86.8 cm³/mol. The van der Waals surface area contributed by atoms with E-state index in [2.05, 4.69) is 22.2 Å². The molecule has 2 rings (SSSR count). The fraction of sp³-hybridized carbons (Fsp3) is 0.750. The van der Waals surface area contributed by atoms with Crippen molar-refractivity contribution < 1.29 is 5.11 Å². The zero-order valence-corrected chi connectivity index (χ0v) is 14.0. The van der Waals surface area contributed by atoms with E-state index in [-0.39, 0.29) is 0 Å². The van der Waals surface area contributed by atoms with Gasteiger partial charge in [0, 0.05) is 18.5 Å². The van der Waals surface area contributed by atoms with Gasteiger partial charge >= 0.3 is 0 Å². The van der Waals surface area contributed by atoms with Crippen LogP contribution < -0.4 is 5.32 Å². The number of hydrogen-bond donors (Lipinski definition) is 2. The van der Waals surface area contributed by atoms with Crippen molar-refractivity contribution in [3.8, 4) is 0 Å². The summed E-state index contributed by atoms with van der Waals surface area (Å²) in [4.78, 5) is 8.72. The highest BCUT2D eigenvalue weighted by Gasteiger charge is 2.32. The second-order valence-corrected chi connectivity index (χ2v) is 6.55. The highest BCUT2D eigenvalue weighted by molar-refractivity contribution is 6.30. The van der Waals surface area contributed by atoms with Crippen LogP contribution in [-0.2, 0) is 6.42 Å². The predicted octanol–water partition coefficient (Wildman–Crippen LogP) is 3.74. The number of nitrogens with one attached hydrogen (secondary N) is 1. The lowest BCUT2D eigenvalue weighted by Gasteiger charge is -2.36. The van der Waals surface area contributed by atoms with Gasteiger partial charge in [-0.25, -0.2) is 9.97 Å². The van der Waals surface area contributed by atoms with Crippen LogP contribution in [0, 0.1) is 12.8 Å². The number of aromatic nitrogens is 2. The Morgan fingerprint density at radius 3 is 2.52 bits per heavy atom. The maximum absolute atomic E-state index is 10.7. The monoisotopic (exact) mass is 311 g/mol. The van der Waals surface area contributed by atoms with Crippen LogP contribution in [0.4, 0.5) is 5.82 Å². The number of rotatable bonds is 5. The normalized spacial score (nSPS) is 25.9. The molecule has 0 radical (unpaired) electrons. The summed E-state index contributed by atoms with van der Waals surface area (Å²) in [5.74, 6) is 2.25. The van der Waals surface area contributed by atoms with E-state index in [4.69, 9.17) is 11.6 Å². The van der Waals surface area contributed by atoms with Gasteiger partial charge in [0.1, 0.15) is 16.8 Å². The highest BCUT2D eigenvalue weighted by Crippen LogP contribution is 2.34. The van der Waals surface area contributed by atoms with Crippen molar-refractivity contribution >= 4 is 17.4 Å². The smallest absolute Gasteiger partial charge is 0.137 e. The van der Waals surface area contributed by atoms with Crippen LogP contribution >= 0.6 is 11.6 Å². The Morgan fingerprint density at radius 2 is 1.95 bits per heavy atom. The molecule has 1 aliphatic rings. The summed E-state index contributed by atoms with van der Waals surface area (Å²) in [6.45, 7) is 6.67. The molecular formula is C16H26ClN3O. The van der Waals surface area contributed by atoms with E-state index in [1.165, 1.54) is 6.42 Å². The first-order valence-corrected chi connectivity index (χ1v) is 8.34. The molecule has 0 aliphatic heterocycles. The molecule has 0 amide bonds. The highest BCUT2D eigenvalue weighted by atomic mass is 35.5. The molecule has 0 atom stereocenters. The quantitative estimate of drug-likeness (QED) is 0.813. The van der Waals surface area contributed by atoms with Gasteiger partial charge in [0.25, 0.3) is 0 Å². The van der Waals surface area contributed by atoms with E-state index in [0.29, 0.717) is 11.7 Å². The molecule has 0 bridgehead atoms. The molecule has 4 nitrogen and oxygen atoms in total. The molecule has 1 heterocycles. The molecule has 118 valence electrons. The van der Waals surface area contributed by atoms with Gasteiger partial charge in [-0.3, -0.25) is 0 Å². The third-order valence-electron chi connectivity index (χ3n) is 4.65. The average Bonchev–Trinajstić information content (AvgIpc) is 2.49. The van der Waals surface area contributed by atoms with Gasteiger partial charge in [-0.15, -0.1) is 0 Å². The van der Waals surface area contributed by atoms with Gasteiger partial charge in [0.05, 0.1) is 5.60 Å². The summed E-state index contributed by atoms with van der Waals surface area (Å²) >= 11 is 6.14. The lowest BCUT2D eigenvalue weighted by atomic mass is 9.78. The minimum absolute atomic E-state index is 0.492. The molecule has 0 unspecified atom stereocenters. The third kappa shape index (κ3) is 4.07. The van der Waals surface area contributed by atoms with Crippen LogP contribution in [0.25, 0.3) is 0 Å². The first kappa shape index (κ1) is 16.5. The summed E-state index contributed by atoms with van der Waals surface area (Å²) in [6, 6.07) is 0. The maximum Gasteiger partial charge on any atom is 0.137 e. The van der Waals surface area contributed by atoms with E-state index in [0.717, 1.165) is 55.2 Å². The van der Waals surface area contributed by atoms with Gasteiger partial charge in [-0.1, -0.05) is 31.9 Å². The molecular weight excluding hydrogens is 286 g/mol. The average molecular weight is 312 g/mol. The lowest BCUT2D eigenvalue weighted by Crippen LogP contribution is -2.40. The Bertz CT molecular complexity index is 485. The summed E-state index contributed by atoms with van der Waals surface area (Å²) < 4.78 is 0. The molecule has 21 heavy (non-hydrogen) atoms. The van der Waals surface area contributed by atoms with Gasteiger partial charge in [0.2, 0.25) is 0 Å².